The van der Waals surface area contributed by atoms with E-state index in [9.17, 15) is 0 Å². The second-order valence-corrected chi connectivity index (χ2v) is 6.06. The molecule has 0 spiro atoms. The van der Waals surface area contributed by atoms with Crippen LogP contribution >= 0.6 is 11.6 Å². The van der Waals surface area contributed by atoms with Gasteiger partial charge in [0.1, 0.15) is 0 Å². The largest absolute Gasteiger partial charge is 0.303 e. The van der Waals surface area contributed by atoms with Gasteiger partial charge in [0.2, 0.25) is 0 Å². The second kappa shape index (κ2) is 5.37. The van der Waals surface area contributed by atoms with Crippen molar-refractivity contribution < 1.29 is 0 Å². The van der Waals surface area contributed by atoms with Crippen molar-refractivity contribution in [2.75, 3.05) is 25.5 Å². The fourth-order valence-electron chi connectivity index (χ4n) is 1.86. The van der Waals surface area contributed by atoms with E-state index in [0.717, 1.165) is 11.8 Å². The van der Waals surface area contributed by atoms with Gasteiger partial charge >= 0.3 is 0 Å². The Hall–Kier alpha value is 0.250. The van der Waals surface area contributed by atoms with Crippen molar-refractivity contribution in [2.24, 2.45) is 11.3 Å². The fourth-order valence-corrected chi connectivity index (χ4v) is 2.17. The predicted octanol–water partition coefficient (Wildman–Crippen LogP) is 3.37. The first-order valence-electron chi connectivity index (χ1n) is 5.79. The van der Waals surface area contributed by atoms with E-state index in [0.29, 0.717) is 5.41 Å². The molecule has 1 fully saturated rings. The molecular formula is C12H24ClN. The number of piperidine rings is 1. The minimum absolute atomic E-state index is 0.476. The smallest absolute Gasteiger partial charge is 0.0252 e. The lowest BCUT2D eigenvalue weighted by Crippen LogP contribution is -2.36. The van der Waals surface area contributed by atoms with E-state index in [2.05, 4.69) is 25.7 Å². The van der Waals surface area contributed by atoms with Crippen LogP contribution in [0.15, 0.2) is 0 Å². The number of alkyl halides is 1. The summed E-state index contributed by atoms with van der Waals surface area (Å²) in [5.41, 5.74) is 0.476. The lowest BCUT2D eigenvalue weighted by Gasteiger charge is -2.32. The topological polar surface area (TPSA) is 3.24 Å². The summed E-state index contributed by atoms with van der Waals surface area (Å²) in [6, 6.07) is 0. The third kappa shape index (κ3) is 4.65. The fraction of sp³-hybridized carbons (Fsp3) is 1.00. The molecule has 1 rings (SSSR count). The SMILES string of the molecule is CC(C)(C)CCN1CCC(CCl)CC1. The molecular weight excluding hydrogens is 194 g/mol. The van der Waals surface area contributed by atoms with Gasteiger partial charge in [0.15, 0.2) is 0 Å². The van der Waals surface area contributed by atoms with E-state index < -0.39 is 0 Å². The first kappa shape index (κ1) is 12.3. The van der Waals surface area contributed by atoms with Gasteiger partial charge in [-0.15, -0.1) is 11.6 Å². The number of halogens is 1. The van der Waals surface area contributed by atoms with Crippen LogP contribution in [0, 0.1) is 11.3 Å². The first-order chi connectivity index (χ1) is 6.51. The first-order valence-corrected chi connectivity index (χ1v) is 6.33. The minimum Gasteiger partial charge on any atom is -0.303 e. The van der Waals surface area contributed by atoms with Crippen LogP contribution in [-0.2, 0) is 0 Å². The van der Waals surface area contributed by atoms with Gasteiger partial charge in [-0.25, -0.2) is 0 Å². The molecule has 1 aliphatic rings. The van der Waals surface area contributed by atoms with Gasteiger partial charge in [0, 0.05) is 5.88 Å². The van der Waals surface area contributed by atoms with Crippen LogP contribution in [0.2, 0.25) is 0 Å². The molecule has 0 atom stereocenters. The van der Waals surface area contributed by atoms with Crippen LogP contribution in [0.3, 0.4) is 0 Å². The zero-order valence-electron chi connectivity index (χ0n) is 9.85. The van der Waals surface area contributed by atoms with Crippen molar-refractivity contribution in [2.45, 2.75) is 40.0 Å². The summed E-state index contributed by atoms with van der Waals surface area (Å²) in [7, 11) is 0. The van der Waals surface area contributed by atoms with Crippen LogP contribution in [0.1, 0.15) is 40.0 Å². The van der Waals surface area contributed by atoms with Crippen LogP contribution < -0.4 is 0 Å². The number of nitrogens with zero attached hydrogens (tertiary/aromatic N) is 1. The summed E-state index contributed by atoms with van der Waals surface area (Å²) in [6.07, 6.45) is 3.90. The molecule has 2 heteroatoms. The van der Waals surface area contributed by atoms with Crippen molar-refractivity contribution in [3.05, 3.63) is 0 Å². The maximum atomic E-state index is 5.86. The number of hydrogen-bond acceptors (Lipinski definition) is 1. The molecule has 0 aliphatic carbocycles. The van der Waals surface area contributed by atoms with Crippen molar-refractivity contribution in [3.63, 3.8) is 0 Å². The van der Waals surface area contributed by atoms with Gasteiger partial charge in [-0.05, 0) is 50.2 Å². The van der Waals surface area contributed by atoms with Crippen LogP contribution in [-0.4, -0.2) is 30.4 Å². The van der Waals surface area contributed by atoms with Crippen LogP contribution in [0.4, 0.5) is 0 Å². The Morgan fingerprint density at radius 3 is 2.21 bits per heavy atom. The van der Waals surface area contributed by atoms with Crippen LogP contribution in [0.25, 0.3) is 0 Å². The molecule has 0 unspecified atom stereocenters. The van der Waals surface area contributed by atoms with Gasteiger partial charge < -0.3 is 4.90 Å². The molecule has 0 aromatic rings. The number of likely N-dealkylation sites (tertiary alicyclic amines) is 1. The Morgan fingerprint density at radius 1 is 1.21 bits per heavy atom. The van der Waals surface area contributed by atoms with E-state index >= 15 is 0 Å². The molecule has 0 aromatic carbocycles. The molecule has 0 bridgehead atoms. The normalized spacial score (nSPS) is 21.4. The van der Waals surface area contributed by atoms with Gasteiger partial charge in [0.05, 0.1) is 0 Å². The van der Waals surface area contributed by atoms with Gasteiger partial charge in [-0.3, -0.25) is 0 Å². The van der Waals surface area contributed by atoms with E-state index in [1.165, 1.54) is 38.9 Å². The highest BCUT2D eigenvalue weighted by atomic mass is 35.5. The van der Waals surface area contributed by atoms with Gasteiger partial charge in [-0.1, -0.05) is 20.8 Å². The van der Waals surface area contributed by atoms with Gasteiger partial charge in [0.25, 0.3) is 0 Å². The second-order valence-electron chi connectivity index (χ2n) is 5.75. The molecule has 84 valence electrons. The van der Waals surface area contributed by atoms with Crippen molar-refractivity contribution in [1.29, 1.82) is 0 Å². The highest BCUT2D eigenvalue weighted by Gasteiger charge is 2.19. The molecule has 0 saturated carbocycles. The Morgan fingerprint density at radius 2 is 1.79 bits per heavy atom. The van der Waals surface area contributed by atoms with Crippen molar-refractivity contribution in [1.82, 2.24) is 4.90 Å². The summed E-state index contributed by atoms with van der Waals surface area (Å²) in [6.45, 7) is 10.7. The minimum atomic E-state index is 0.476. The summed E-state index contributed by atoms with van der Waals surface area (Å²) in [4.78, 5) is 2.59. The van der Waals surface area contributed by atoms with Crippen molar-refractivity contribution >= 4 is 11.6 Å². The highest BCUT2D eigenvalue weighted by molar-refractivity contribution is 6.18. The Bertz CT molecular complexity index is 154. The summed E-state index contributed by atoms with van der Waals surface area (Å²) in [5.74, 6) is 1.63. The maximum Gasteiger partial charge on any atom is 0.0252 e. The van der Waals surface area contributed by atoms with Crippen molar-refractivity contribution in [3.8, 4) is 0 Å². The summed E-state index contributed by atoms with van der Waals surface area (Å²) < 4.78 is 0. The molecule has 1 heterocycles. The number of hydrogen-bond donors (Lipinski definition) is 0. The third-order valence-corrected chi connectivity index (χ3v) is 3.54. The molecule has 0 radical (unpaired) electrons. The molecule has 0 aromatic heterocycles. The summed E-state index contributed by atoms with van der Waals surface area (Å²) in [5, 5.41) is 0. The lowest BCUT2D eigenvalue weighted by atomic mass is 9.91. The van der Waals surface area contributed by atoms with Crippen LogP contribution in [0.5, 0.6) is 0 Å². The number of rotatable bonds is 3. The molecule has 1 nitrogen and oxygen atoms in total. The predicted molar refractivity (Wildman–Crippen MR) is 64.0 cm³/mol. The standard InChI is InChI=1S/C12H24ClN/c1-12(2,3)6-9-14-7-4-11(10-13)5-8-14/h11H,4-10H2,1-3H3. The Balaban J connectivity index is 2.16. The zero-order chi connectivity index (χ0) is 10.6. The zero-order valence-corrected chi connectivity index (χ0v) is 10.6. The molecule has 14 heavy (non-hydrogen) atoms. The Kier molecular flexibility index (Phi) is 4.72. The quantitative estimate of drug-likeness (QED) is 0.656. The van der Waals surface area contributed by atoms with E-state index in [1.807, 2.05) is 0 Å². The van der Waals surface area contributed by atoms with Gasteiger partial charge in [-0.2, -0.15) is 0 Å². The summed E-state index contributed by atoms with van der Waals surface area (Å²) >= 11 is 5.86. The maximum absolute atomic E-state index is 5.86. The third-order valence-electron chi connectivity index (χ3n) is 3.10. The van der Waals surface area contributed by atoms with E-state index in [1.54, 1.807) is 0 Å². The molecule has 0 amide bonds. The molecule has 1 saturated heterocycles. The highest BCUT2D eigenvalue weighted by Crippen LogP contribution is 2.22. The van der Waals surface area contributed by atoms with E-state index in [4.69, 9.17) is 11.6 Å². The molecule has 1 aliphatic heterocycles. The lowest BCUT2D eigenvalue weighted by molar-refractivity contribution is 0.171. The average Bonchev–Trinajstić information content (AvgIpc) is 2.14. The average molecular weight is 218 g/mol. The molecule has 0 N–H and O–H groups in total. The van der Waals surface area contributed by atoms with E-state index in [-0.39, 0.29) is 0 Å². The Labute approximate surface area is 93.8 Å². The monoisotopic (exact) mass is 217 g/mol.